The molecule has 0 amide bonds. The maximum Gasteiger partial charge on any atom is 0.472 e. The molecule has 0 saturated carbocycles. The molecular formula is C46H75O10P. The zero-order valence-electron chi connectivity index (χ0n) is 35.0. The molecule has 3 atom stereocenters. The first-order valence-electron chi connectivity index (χ1n) is 21.2. The lowest BCUT2D eigenvalue weighted by molar-refractivity contribution is -0.161. The third-order valence-electron chi connectivity index (χ3n) is 8.24. The second-order valence-corrected chi connectivity index (χ2v) is 15.1. The van der Waals surface area contributed by atoms with Crippen molar-refractivity contribution in [2.75, 3.05) is 26.4 Å². The van der Waals surface area contributed by atoms with Crippen LogP contribution in [0.15, 0.2) is 97.2 Å². The number of hydrogen-bond donors (Lipinski definition) is 3. The van der Waals surface area contributed by atoms with Gasteiger partial charge in [-0.25, -0.2) is 4.57 Å². The normalized spacial score (nSPS) is 14.8. The van der Waals surface area contributed by atoms with Gasteiger partial charge in [-0.15, -0.1) is 0 Å². The highest BCUT2D eigenvalue weighted by atomic mass is 31.2. The zero-order valence-corrected chi connectivity index (χ0v) is 35.9. The number of phosphoric ester groups is 1. The Labute approximate surface area is 344 Å². The number of ether oxygens (including phenoxy) is 2. The Bertz CT molecular complexity index is 1260. The predicted molar refractivity (Wildman–Crippen MR) is 232 cm³/mol. The molecule has 0 saturated heterocycles. The number of hydrogen-bond acceptors (Lipinski definition) is 9. The molecule has 0 radical (unpaired) electrons. The zero-order chi connectivity index (χ0) is 41.9. The summed E-state index contributed by atoms with van der Waals surface area (Å²) in [5.41, 5.74) is 0. The Morgan fingerprint density at radius 1 is 0.544 bits per heavy atom. The molecule has 1 unspecified atom stereocenters. The van der Waals surface area contributed by atoms with Crippen LogP contribution in [-0.4, -0.2) is 65.7 Å². The molecule has 324 valence electrons. The summed E-state index contributed by atoms with van der Waals surface area (Å²) in [6.45, 7) is 2.11. The molecule has 0 aliphatic rings. The van der Waals surface area contributed by atoms with Gasteiger partial charge in [0.25, 0.3) is 0 Å². The van der Waals surface area contributed by atoms with E-state index in [-0.39, 0.29) is 19.4 Å². The van der Waals surface area contributed by atoms with E-state index < -0.39 is 51.8 Å². The standard InChI is InChI=1S/C46H75O10P/c1-3-5-7-9-11-13-15-17-19-20-21-22-24-25-27-29-31-33-35-37-45(49)53-41-44(42-55-57(51,52)54-40-43(48)39-47)56-46(50)38-36-34-32-30-28-26-23-18-16-14-12-10-8-6-4-2/h5,7,11-14,17-19,21-23,25,27,31,33,43-44,47-48H,3-4,6,8-10,15-16,20,24,26,28-30,32,34-42H2,1-2H3,(H,51,52)/b7-5-,13-11-,14-12-,19-17-,22-21-,23-18-,27-25-,33-31-/t43-,44+/m0/s1. The third kappa shape index (κ3) is 40.9. The molecule has 0 bridgehead atoms. The van der Waals surface area contributed by atoms with E-state index in [1.807, 2.05) is 12.2 Å². The summed E-state index contributed by atoms with van der Waals surface area (Å²) in [5.74, 6) is -1.05. The van der Waals surface area contributed by atoms with E-state index in [4.69, 9.17) is 19.1 Å². The fourth-order valence-electron chi connectivity index (χ4n) is 4.99. The van der Waals surface area contributed by atoms with Gasteiger partial charge < -0.3 is 24.6 Å². The van der Waals surface area contributed by atoms with Gasteiger partial charge in [0, 0.05) is 12.8 Å². The van der Waals surface area contributed by atoms with Crippen LogP contribution in [0.3, 0.4) is 0 Å². The van der Waals surface area contributed by atoms with Gasteiger partial charge in [-0.05, 0) is 83.5 Å². The van der Waals surface area contributed by atoms with Gasteiger partial charge in [0.05, 0.1) is 19.8 Å². The monoisotopic (exact) mass is 819 g/mol. The van der Waals surface area contributed by atoms with Gasteiger partial charge in [-0.3, -0.25) is 18.6 Å². The molecule has 0 rings (SSSR count). The minimum atomic E-state index is -4.64. The van der Waals surface area contributed by atoms with Crippen LogP contribution in [0.2, 0.25) is 0 Å². The van der Waals surface area contributed by atoms with E-state index in [1.54, 1.807) is 0 Å². The number of esters is 2. The average molecular weight is 819 g/mol. The van der Waals surface area contributed by atoms with E-state index >= 15 is 0 Å². The number of aliphatic hydroxyl groups is 2. The highest BCUT2D eigenvalue weighted by molar-refractivity contribution is 7.47. The number of carbonyl (C=O) groups is 2. The summed E-state index contributed by atoms with van der Waals surface area (Å²) >= 11 is 0. The van der Waals surface area contributed by atoms with Gasteiger partial charge in [0.1, 0.15) is 12.7 Å². The Balaban J connectivity index is 4.48. The third-order valence-corrected chi connectivity index (χ3v) is 9.19. The molecule has 0 aromatic heterocycles. The molecule has 0 aliphatic carbocycles. The molecule has 57 heavy (non-hydrogen) atoms. The number of unbranched alkanes of at least 4 members (excludes halogenated alkanes) is 8. The lowest BCUT2D eigenvalue weighted by atomic mass is 10.1. The molecular weight excluding hydrogens is 743 g/mol. The van der Waals surface area contributed by atoms with Crippen molar-refractivity contribution in [2.45, 2.75) is 154 Å². The van der Waals surface area contributed by atoms with E-state index in [0.29, 0.717) is 12.8 Å². The summed E-state index contributed by atoms with van der Waals surface area (Å²) in [5, 5.41) is 18.3. The van der Waals surface area contributed by atoms with Crippen molar-refractivity contribution in [1.29, 1.82) is 0 Å². The van der Waals surface area contributed by atoms with E-state index in [1.165, 1.54) is 19.3 Å². The second kappa shape index (κ2) is 41.1. The van der Waals surface area contributed by atoms with Crippen LogP contribution in [0.25, 0.3) is 0 Å². The predicted octanol–water partition coefficient (Wildman–Crippen LogP) is 11.2. The number of phosphoric acid groups is 1. The van der Waals surface area contributed by atoms with Crippen LogP contribution in [0.4, 0.5) is 0 Å². The van der Waals surface area contributed by atoms with Crippen LogP contribution < -0.4 is 0 Å². The van der Waals surface area contributed by atoms with Gasteiger partial charge in [-0.1, -0.05) is 143 Å². The van der Waals surface area contributed by atoms with Gasteiger partial charge in [-0.2, -0.15) is 0 Å². The van der Waals surface area contributed by atoms with E-state index in [9.17, 15) is 24.2 Å². The van der Waals surface area contributed by atoms with Gasteiger partial charge >= 0.3 is 19.8 Å². The van der Waals surface area contributed by atoms with Crippen LogP contribution in [0, 0.1) is 0 Å². The van der Waals surface area contributed by atoms with Crippen molar-refractivity contribution < 1.29 is 47.8 Å². The lowest BCUT2D eigenvalue weighted by Crippen LogP contribution is -2.29. The molecule has 0 fully saturated rings. The van der Waals surface area contributed by atoms with Crippen molar-refractivity contribution in [3.63, 3.8) is 0 Å². The van der Waals surface area contributed by atoms with Gasteiger partial charge in [0.2, 0.25) is 0 Å². The number of allylic oxidation sites excluding steroid dienone is 16. The summed E-state index contributed by atoms with van der Waals surface area (Å²) in [7, 11) is -4.64. The van der Waals surface area contributed by atoms with Crippen LogP contribution in [-0.2, 0) is 32.7 Å². The van der Waals surface area contributed by atoms with Crippen molar-refractivity contribution in [3.05, 3.63) is 97.2 Å². The largest absolute Gasteiger partial charge is 0.472 e. The first-order valence-corrected chi connectivity index (χ1v) is 22.7. The van der Waals surface area contributed by atoms with E-state index in [2.05, 4.69) is 103 Å². The number of rotatable bonds is 38. The summed E-state index contributed by atoms with van der Waals surface area (Å²) in [4.78, 5) is 34.9. The first-order chi connectivity index (χ1) is 27.7. The molecule has 10 nitrogen and oxygen atoms in total. The Morgan fingerprint density at radius 3 is 1.53 bits per heavy atom. The maximum atomic E-state index is 12.6. The molecule has 0 aromatic rings. The van der Waals surface area contributed by atoms with Crippen LogP contribution in [0.1, 0.15) is 142 Å². The first kappa shape index (κ1) is 53.9. The minimum Gasteiger partial charge on any atom is -0.462 e. The number of aliphatic hydroxyl groups excluding tert-OH is 2. The molecule has 0 aromatic carbocycles. The highest BCUT2D eigenvalue weighted by Crippen LogP contribution is 2.43. The summed E-state index contributed by atoms with van der Waals surface area (Å²) in [6.07, 6.45) is 49.6. The van der Waals surface area contributed by atoms with Crippen LogP contribution in [0.5, 0.6) is 0 Å². The fraction of sp³-hybridized carbons (Fsp3) is 0.609. The summed E-state index contributed by atoms with van der Waals surface area (Å²) in [6, 6.07) is 0. The quantitative estimate of drug-likeness (QED) is 0.0238. The SMILES string of the molecule is CC/C=C\C/C=C\C/C=C\C/C=C\C/C=C\C/C=C\CCC(=O)OC[C@H](COP(=O)(O)OC[C@@H](O)CO)OC(=O)CCCCCCC/C=C\C/C=C\CCCCC. The maximum absolute atomic E-state index is 12.6. The Hall–Kier alpha value is -3.11. The second-order valence-electron chi connectivity index (χ2n) is 13.6. The van der Waals surface area contributed by atoms with Crippen molar-refractivity contribution >= 4 is 19.8 Å². The molecule has 0 spiro atoms. The minimum absolute atomic E-state index is 0.107. The van der Waals surface area contributed by atoms with E-state index in [0.717, 1.165) is 83.5 Å². The Morgan fingerprint density at radius 2 is 1.00 bits per heavy atom. The fourth-order valence-corrected chi connectivity index (χ4v) is 5.78. The lowest BCUT2D eigenvalue weighted by Gasteiger charge is -2.20. The highest BCUT2D eigenvalue weighted by Gasteiger charge is 2.27. The molecule has 3 N–H and O–H groups in total. The van der Waals surface area contributed by atoms with Crippen LogP contribution >= 0.6 is 7.82 Å². The number of carbonyl (C=O) groups excluding carboxylic acids is 2. The average Bonchev–Trinajstić information content (AvgIpc) is 3.20. The molecule has 0 aliphatic heterocycles. The topological polar surface area (TPSA) is 149 Å². The smallest absolute Gasteiger partial charge is 0.462 e. The van der Waals surface area contributed by atoms with Gasteiger partial charge in [0.15, 0.2) is 6.10 Å². The summed E-state index contributed by atoms with van der Waals surface area (Å²) < 4.78 is 32.6. The Kier molecular flexibility index (Phi) is 38.8. The van der Waals surface area contributed by atoms with Crippen molar-refractivity contribution in [2.24, 2.45) is 0 Å². The molecule has 11 heteroatoms. The van der Waals surface area contributed by atoms with Crippen molar-refractivity contribution in [3.8, 4) is 0 Å². The molecule has 0 heterocycles. The van der Waals surface area contributed by atoms with Crippen molar-refractivity contribution in [1.82, 2.24) is 0 Å².